The van der Waals surface area contributed by atoms with Crippen molar-refractivity contribution in [3.05, 3.63) is 54.1 Å². The first-order valence-corrected chi connectivity index (χ1v) is 8.34. The van der Waals surface area contributed by atoms with Crippen molar-refractivity contribution >= 4 is 17.6 Å². The van der Waals surface area contributed by atoms with Crippen molar-refractivity contribution in [3.63, 3.8) is 0 Å². The van der Waals surface area contributed by atoms with Gasteiger partial charge in [-0.2, -0.15) is 5.26 Å². The molecule has 0 aliphatic carbocycles. The number of rotatable bonds is 9. The molecule has 1 amide bonds. The van der Waals surface area contributed by atoms with Crippen molar-refractivity contribution in [2.24, 2.45) is 0 Å². The summed E-state index contributed by atoms with van der Waals surface area (Å²) >= 11 is 0. The molecule has 2 aromatic rings. The van der Waals surface area contributed by atoms with Gasteiger partial charge in [-0.1, -0.05) is 12.1 Å². The fourth-order valence-corrected chi connectivity index (χ4v) is 2.17. The Balaban J connectivity index is 1.64. The zero-order valence-electron chi connectivity index (χ0n) is 14.9. The molecule has 0 fully saturated rings. The van der Waals surface area contributed by atoms with E-state index in [0.717, 1.165) is 5.75 Å². The van der Waals surface area contributed by atoms with Gasteiger partial charge in [0.1, 0.15) is 17.6 Å². The van der Waals surface area contributed by atoms with Gasteiger partial charge in [-0.3, -0.25) is 9.59 Å². The SMILES string of the molecule is COc1ccc(OCCCC(=O)OCC(=O)Nc2ccccc2C#N)cc1. The molecule has 0 atom stereocenters. The van der Waals surface area contributed by atoms with E-state index in [0.29, 0.717) is 30.0 Å². The summed E-state index contributed by atoms with van der Waals surface area (Å²) in [6.07, 6.45) is 0.599. The zero-order valence-corrected chi connectivity index (χ0v) is 14.9. The molecule has 140 valence electrons. The first kappa shape index (κ1) is 19.8. The summed E-state index contributed by atoms with van der Waals surface area (Å²) in [4.78, 5) is 23.5. The number of benzene rings is 2. The molecule has 1 N–H and O–H groups in total. The normalized spacial score (nSPS) is 9.78. The number of carbonyl (C=O) groups is 2. The van der Waals surface area contributed by atoms with Gasteiger partial charge in [0.2, 0.25) is 0 Å². The third-order valence-electron chi connectivity index (χ3n) is 3.54. The lowest BCUT2D eigenvalue weighted by Gasteiger charge is -2.08. The van der Waals surface area contributed by atoms with Crippen LogP contribution in [0.25, 0.3) is 0 Å². The molecule has 7 nitrogen and oxygen atoms in total. The van der Waals surface area contributed by atoms with Crippen molar-refractivity contribution in [2.75, 3.05) is 25.6 Å². The fraction of sp³-hybridized carbons (Fsp3) is 0.250. The van der Waals surface area contributed by atoms with Crippen LogP contribution < -0.4 is 14.8 Å². The largest absolute Gasteiger partial charge is 0.497 e. The molecular weight excluding hydrogens is 348 g/mol. The fourth-order valence-electron chi connectivity index (χ4n) is 2.17. The Kier molecular flexibility index (Phi) is 7.67. The summed E-state index contributed by atoms with van der Waals surface area (Å²) in [5.74, 6) is 0.430. The van der Waals surface area contributed by atoms with Gasteiger partial charge in [-0.25, -0.2) is 0 Å². The summed E-state index contributed by atoms with van der Waals surface area (Å²) in [6, 6.07) is 15.7. The van der Waals surface area contributed by atoms with Crippen molar-refractivity contribution in [2.45, 2.75) is 12.8 Å². The topological polar surface area (TPSA) is 97.7 Å². The van der Waals surface area contributed by atoms with Gasteiger partial charge < -0.3 is 19.5 Å². The second-order valence-corrected chi connectivity index (χ2v) is 5.49. The molecule has 2 rings (SSSR count). The van der Waals surface area contributed by atoms with Crippen LogP contribution in [0.4, 0.5) is 5.69 Å². The predicted molar refractivity (Wildman–Crippen MR) is 98.5 cm³/mol. The quantitative estimate of drug-likeness (QED) is 0.540. The van der Waals surface area contributed by atoms with Crippen LogP contribution in [0.3, 0.4) is 0 Å². The van der Waals surface area contributed by atoms with Gasteiger partial charge in [0, 0.05) is 6.42 Å². The van der Waals surface area contributed by atoms with Crippen LogP contribution >= 0.6 is 0 Å². The van der Waals surface area contributed by atoms with E-state index in [9.17, 15) is 9.59 Å². The molecule has 7 heteroatoms. The highest BCUT2D eigenvalue weighted by molar-refractivity contribution is 5.93. The molecule has 27 heavy (non-hydrogen) atoms. The minimum absolute atomic E-state index is 0.137. The number of ether oxygens (including phenoxy) is 3. The standard InChI is InChI=1S/C20H20N2O5/c1-25-16-8-10-17(11-9-16)26-12-4-7-20(24)27-14-19(23)22-18-6-3-2-5-15(18)13-21/h2-3,5-6,8-11H,4,7,12,14H2,1H3,(H,22,23). The third kappa shape index (κ3) is 6.71. The Morgan fingerprint density at radius 2 is 1.78 bits per heavy atom. The molecule has 0 spiro atoms. The van der Waals surface area contributed by atoms with Crippen LogP contribution in [0, 0.1) is 11.3 Å². The van der Waals surface area contributed by atoms with Crippen LogP contribution in [0.1, 0.15) is 18.4 Å². The first-order valence-electron chi connectivity index (χ1n) is 8.34. The average Bonchev–Trinajstić information content (AvgIpc) is 2.70. The Morgan fingerprint density at radius 1 is 1.07 bits per heavy atom. The van der Waals surface area contributed by atoms with Crippen LogP contribution in [0.2, 0.25) is 0 Å². The van der Waals surface area contributed by atoms with Gasteiger partial charge in [-0.15, -0.1) is 0 Å². The molecular formula is C20H20N2O5. The second-order valence-electron chi connectivity index (χ2n) is 5.49. The van der Waals surface area contributed by atoms with E-state index >= 15 is 0 Å². The number of carbonyl (C=O) groups excluding carboxylic acids is 2. The molecule has 0 heterocycles. The van der Waals surface area contributed by atoms with E-state index in [1.165, 1.54) is 0 Å². The monoisotopic (exact) mass is 368 g/mol. The van der Waals surface area contributed by atoms with Crippen molar-refractivity contribution in [3.8, 4) is 17.6 Å². The third-order valence-corrected chi connectivity index (χ3v) is 3.54. The number of anilines is 1. The molecule has 0 aliphatic heterocycles. The van der Waals surface area contributed by atoms with Crippen LogP contribution in [-0.4, -0.2) is 32.2 Å². The van der Waals surface area contributed by atoms with Crippen molar-refractivity contribution in [1.29, 1.82) is 5.26 Å². The average molecular weight is 368 g/mol. The van der Waals surface area contributed by atoms with Gasteiger partial charge in [0.15, 0.2) is 6.61 Å². The summed E-state index contributed by atoms with van der Waals surface area (Å²) in [6.45, 7) is -0.0545. The number of nitrogens with zero attached hydrogens (tertiary/aromatic N) is 1. The molecule has 0 saturated heterocycles. The van der Waals surface area contributed by atoms with E-state index in [4.69, 9.17) is 19.5 Å². The predicted octanol–water partition coefficient (Wildman–Crippen LogP) is 2.91. The second kappa shape index (κ2) is 10.5. The van der Waals surface area contributed by atoms with Gasteiger partial charge >= 0.3 is 5.97 Å². The maximum Gasteiger partial charge on any atom is 0.306 e. The minimum Gasteiger partial charge on any atom is -0.497 e. The molecule has 0 aromatic heterocycles. The van der Waals surface area contributed by atoms with E-state index in [2.05, 4.69) is 5.32 Å². The van der Waals surface area contributed by atoms with Gasteiger partial charge in [0.05, 0.1) is 25.0 Å². The lowest BCUT2D eigenvalue weighted by Crippen LogP contribution is -2.21. The van der Waals surface area contributed by atoms with E-state index in [1.807, 2.05) is 6.07 Å². The summed E-state index contributed by atoms with van der Waals surface area (Å²) in [7, 11) is 1.59. The van der Waals surface area contributed by atoms with Crippen LogP contribution in [0.15, 0.2) is 48.5 Å². The number of nitrogens with one attached hydrogen (secondary N) is 1. The summed E-state index contributed by atoms with van der Waals surface area (Å²) in [5.41, 5.74) is 0.724. The molecule has 0 radical (unpaired) electrons. The van der Waals surface area contributed by atoms with E-state index < -0.39 is 18.5 Å². The highest BCUT2D eigenvalue weighted by atomic mass is 16.5. The molecule has 0 unspecified atom stereocenters. The minimum atomic E-state index is -0.500. The number of amides is 1. The van der Waals surface area contributed by atoms with Gasteiger partial charge in [0.25, 0.3) is 5.91 Å². The number of hydrogen-bond acceptors (Lipinski definition) is 6. The lowest BCUT2D eigenvalue weighted by atomic mass is 10.2. The Morgan fingerprint density at radius 3 is 2.48 bits per heavy atom. The molecule has 0 aliphatic rings. The molecule has 0 saturated carbocycles. The highest BCUT2D eigenvalue weighted by Crippen LogP contribution is 2.17. The van der Waals surface area contributed by atoms with E-state index in [-0.39, 0.29) is 6.42 Å². The Labute approximate surface area is 157 Å². The Bertz CT molecular complexity index is 812. The lowest BCUT2D eigenvalue weighted by molar-refractivity contribution is -0.147. The molecule has 0 bridgehead atoms. The van der Waals surface area contributed by atoms with Crippen molar-refractivity contribution < 1.29 is 23.8 Å². The zero-order chi connectivity index (χ0) is 19.5. The Hall–Kier alpha value is -3.53. The van der Waals surface area contributed by atoms with E-state index in [1.54, 1.807) is 55.6 Å². The first-order chi connectivity index (χ1) is 13.1. The van der Waals surface area contributed by atoms with Gasteiger partial charge in [-0.05, 0) is 42.8 Å². The highest BCUT2D eigenvalue weighted by Gasteiger charge is 2.10. The number of nitriles is 1. The number of esters is 1. The number of methoxy groups -OCH3 is 1. The number of hydrogen-bond donors (Lipinski definition) is 1. The maximum absolute atomic E-state index is 11.8. The van der Waals surface area contributed by atoms with Crippen molar-refractivity contribution in [1.82, 2.24) is 0 Å². The van der Waals surface area contributed by atoms with Crippen LogP contribution in [-0.2, 0) is 14.3 Å². The number of para-hydroxylation sites is 1. The maximum atomic E-state index is 11.8. The summed E-state index contributed by atoms with van der Waals surface area (Å²) < 4.78 is 15.5. The smallest absolute Gasteiger partial charge is 0.306 e. The molecule has 2 aromatic carbocycles. The van der Waals surface area contributed by atoms with Crippen LogP contribution in [0.5, 0.6) is 11.5 Å². The summed E-state index contributed by atoms with van der Waals surface area (Å²) in [5, 5.41) is 11.5.